The SMILES string of the molecule is COCCOCCCCNc1nc(N)nc2sccc12. The van der Waals surface area contributed by atoms with E-state index in [4.69, 9.17) is 15.2 Å². The molecule has 0 aromatic carbocycles. The molecule has 0 fully saturated rings. The molecule has 3 N–H and O–H groups in total. The number of hydrogen-bond donors (Lipinski definition) is 2. The van der Waals surface area contributed by atoms with Crippen LogP contribution in [-0.4, -0.2) is 43.4 Å². The minimum Gasteiger partial charge on any atom is -0.382 e. The first-order valence-corrected chi connectivity index (χ1v) is 7.50. The Morgan fingerprint density at radius 3 is 3.00 bits per heavy atom. The van der Waals surface area contributed by atoms with Gasteiger partial charge in [0.05, 0.1) is 18.6 Å². The fraction of sp³-hybridized carbons (Fsp3) is 0.538. The summed E-state index contributed by atoms with van der Waals surface area (Å²) in [5.74, 6) is 1.12. The van der Waals surface area contributed by atoms with E-state index in [1.54, 1.807) is 18.4 Å². The summed E-state index contributed by atoms with van der Waals surface area (Å²) in [6.07, 6.45) is 2.02. The summed E-state index contributed by atoms with van der Waals surface area (Å²) in [7, 11) is 1.67. The van der Waals surface area contributed by atoms with Crippen LogP contribution in [0.2, 0.25) is 0 Å². The Bertz CT molecular complexity index is 532. The molecule has 7 heteroatoms. The minimum absolute atomic E-state index is 0.311. The number of nitrogen functional groups attached to an aromatic ring is 1. The van der Waals surface area contributed by atoms with Gasteiger partial charge in [0.25, 0.3) is 0 Å². The van der Waals surface area contributed by atoms with Gasteiger partial charge >= 0.3 is 0 Å². The maximum Gasteiger partial charge on any atom is 0.223 e. The van der Waals surface area contributed by atoms with Gasteiger partial charge in [0, 0.05) is 20.3 Å². The molecule has 2 aromatic heterocycles. The Morgan fingerprint density at radius 2 is 2.15 bits per heavy atom. The molecule has 0 unspecified atom stereocenters. The highest BCUT2D eigenvalue weighted by atomic mass is 32.1. The smallest absolute Gasteiger partial charge is 0.223 e. The van der Waals surface area contributed by atoms with Gasteiger partial charge in [-0.1, -0.05) is 0 Å². The van der Waals surface area contributed by atoms with Crippen molar-refractivity contribution >= 4 is 33.3 Å². The molecule has 20 heavy (non-hydrogen) atoms. The third kappa shape index (κ3) is 4.29. The van der Waals surface area contributed by atoms with E-state index in [1.165, 1.54) is 0 Å². The summed E-state index contributed by atoms with van der Waals surface area (Å²) in [5, 5.41) is 6.33. The standard InChI is InChI=1S/C13H20N4O2S/c1-18-7-8-19-6-3-2-5-15-11-10-4-9-20-12(10)17-13(14)16-11/h4,9H,2-3,5-8H2,1H3,(H3,14,15,16,17). The number of rotatable bonds is 9. The van der Waals surface area contributed by atoms with E-state index >= 15 is 0 Å². The first kappa shape index (κ1) is 15.0. The molecular weight excluding hydrogens is 276 g/mol. The van der Waals surface area contributed by atoms with Gasteiger partial charge in [-0.15, -0.1) is 11.3 Å². The van der Waals surface area contributed by atoms with Gasteiger partial charge in [0.1, 0.15) is 10.6 Å². The summed E-state index contributed by atoms with van der Waals surface area (Å²) in [6, 6.07) is 2.01. The lowest BCUT2D eigenvalue weighted by Gasteiger charge is -2.07. The number of nitrogens with one attached hydrogen (secondary N) is 1. The highest BCUT2D eigenvalue weighted by molar-refractivity contribution is 7.16. The Labute approximate surface area is 122 Å². The fourth-order valence-electron chi connectivity index (χ4n) is 1.79. The maximum absolute atomic E-state index is 5.69. The molecule has 0 atom stereocenters. The van der Waals surface area contributed by atoms with Gasteiger partial charge in [-0.25, -0.2) is 4.98 Å². The van der Waals surface area contributed by atoms with Crippen molar-refractivity contribution in [1.82, 2.24) is 9.97 Å². The average Bonchev–Trinajstić information content (AvgIpc) is 2.89. The molecule has 0 bridgehead atoms. The normalized spacial score (nSPS) is 11.1. The Balaban J connectivity index is 1.72. The van der Waals surface area contributed by atoms with Crippen LogP contribution in [0.5, 0.6) is 0 Å². The van der Waals surface area contributed by atoms with Gasteiger partial charge < -0.3 is 20.5 Å². The minimum atomic E-state index is 0.311. The molecule has 0 aliphatic rings. The molecule has 0 aliphatic carbocycles. The highest BCUT2D eigenvalue weighted by Crippen LogP contribution is 2.25. The predicted molar refractivity (Wildman–Crippen MR) is 82.2 cm³/mol. The number of nitrogens with two attached hydrogens (primary N) is 1. The molecule has 0 spiro atoms. The summed E-state index contributed by atoms with van der Waals surface area (Å²) in [5.41, 5.74) is 5.69. The van der Waals surface area contributed by atoms with Crippen LogP contribution in [0.4, 0.5) is 11.8 Å². The topological polar surface area (TPSA) is 82.3 Å². The lowest BCUT2D eigenvalue weighted by molar-refractivity contribution is 0.0691. The number of hydrogen-bond acceptors (Lipinski definition) is 7. The van der Waals surface area contributed by atoms with Gasteiger partial charge in [-0.2, -0.15) is 4.98 Å². The number of thiophene rings is 1. The second-order valence-electron chi connectivity index (χ2n) is 4.31. The number of methoxy groups -OCH3 is 1. The Hall–Kier alpha value is -1.44. The van der Waals surface area contributed by atoms with Crippen molar-refractivity contribution in [1.29, 1.82) is 0 Å². The van der Waals surface area contributed by atoms with Crippen LogP contribution in [-0.2, 0) is 9.47 Å². The molecule has 0 saturated carbocycles. The highest BCUT2D eigenvalue weighted by Gasteiger charge is 2.06. The molecule has 6 nitrogen and oxygen atoms in total. The fourth-order valence-corrected chi connectivity index (χ4v) is 2.56. The van der Waals surface area contributed by atoms with Crippen molar-refractivity contribution in [3.8, 4) is 0 Å². The Morgan fingerprint density at radius 1 is 1.25 bits per heavy atom. The van der Waals surface area contributed by atoms with E-state index < -0.39 is 0 Å². The van der Waals surface area contributed by atoms with E-state index in [0.717, 1.165) is 42.0 Å². The summed E-state index contributed by atoms with van der Waals surface area (Å²) in [6.45, 7) is 2.90. The molecular formula is C13H20N4O2S. The van der Waals surface area contributed by atoms with Crippen LogP contribution in [0.1, 0.15) is 12.8 Å². The molecule has 2 rings (SSSR count). The van der Waals surface area contributed by atoms with Gasteiger partial charge in [-0.05, 0) is 24.3 Å². The molecule has 0 saturated heterocycles. The lowest BCUT2D eigenvalue weighted by atomic mass is 10.3. The summed E-state index contributed by atoms with van der Waals surface area (Å²) < 4.78 is 10.3. The summed E-state index contributed by atoms with van der Waals surface area (Å²) >= 11 is 1.57. The molecule has 0 aliphatic heterocycles. The third-order valence-corrected chi connectivity index (χ3v) is 3.59. The molecule has 0 radical (unpaired) electrons. The molecule has 0 amide bonds. The van der Waals surface area contributed by atoms with Crippen molar-refractivity contribution < 1.29 is 9.47 Å². The van der Waals surface area contributed by atoms with Crippen LogP contribution in [0, 0.1) is 0 Å². The monoisotopic (exact) mass is 296 g/mol. The van der Waals surface area contributed by atoms with Crippen molar-refractivity contribution in [3.05, 3.63) is 11.4 Å². The average molecular weight is 296 g/mol. The number of unbranched alkanes of at least 4 members (excludes halogenated alkanes) is 1. The van der Waals surface area contributed by atoms with Crippen molar-refractivity contribution in [2.45, 2.75) is 12.8 Å². The zero-order valence-electron chi connectivity index (χ0n) is 11.6. The van der Waals surface area contributed by atoms with Crippen LogP contribution in [0.25, 0.3) is 10.2 Å². The maximum atomic E-state index is 5.69. The molecule has 110 valence electrons. The van der Waals surface area contributed by atoms with Crippen molar-refractivity contribution in [2.75, 3.05) is 44.5 Å². The molecule has 2 heterocycles. The van der Waals surface area contributed by atoms with Crippen molar-refractivity contribution in [2.24, 2.45) is 0 Å². The summed E-state index contributed by atoms with van der Waals surface area (Å²) in [4.78, 5) is 9.36. The van der Waals surface area contributed by atoms with E-state index in [9.17, 15) is 0 Å². The predicted octanol–water partition coefficient (Wildman–Crippen LogP) is 2.13. The van der Waals surface area contributed by atoms with E-state index in [-0.39, 0.29) is 0 Å². The van der Waals surface area contributed by atoms with E-state index in [0.29, 0.717) is 19.2 Å². The first-order valence-electron chi connectivity index (χ1n) is 6.62. The van der Waals surface area contributed by atoms with Crippen LogP contribution >= 0.6 is 11.3 Å². The van der Waals surface area contributed by atoms with Crippen LogP contribution in [0.3, 0.4) is 0 Å². The Kier molecular flexibility index (Phi) is 5.97. The zero-order chi connectivity index (χ0) is 14.2. The number of fused-ring (bicyclic) bond motifs is 1. The number of anilines is 2. The number of nitrogens with zero attached hydrogens (tertiary/aromatic N) is 2. The lowest BCUT2D eigenvalue weighted by Crippen LogP contribution is -2.08. The van der Waals surface area contributed by atoms with Gasteiger partial charge in [0.2, 0.25) is 5.95 Å². The van der Waals surface area contributed by atoms with E-state index in [1.807, 2.05) is 11.4 Å². The number of aromatic nitrogens is 2. The molecule has 2 aromatic rings. The largest absolute Gasteiger partial charge is 0.382 e. The van der Waals surface area contributed by atoms with E-state index in [2.05, 4.69) is 15.3 Å². The third-order valence-electron chi connectivity index (χ3n) is 2.78. The second-order valence-corrected chi connectivity index (χ2v) is 5.20. The van der Waals surface area contributed by atoms with Crippen LogP contribution in [0.15, 0.2) is 11.4 Å². The van der Waals surface area contributed by atoms with Gasteiger partial charge in [0.15, 0.2) is 0 Å². The van der Waals surface area contributed by atoms with Crippen LogP contribution < -0.4 is 11.1 Å². The number of ether oxygens (including phenoxy) is 2. The first-order chi connectivity index (χ1) is 9.81. The van der Waals surface area contributed by atoms with Gasteiger partial charge in [-0.3, -0.25) is 0 Å². The van der Waals surface area contributed by atoms with Crippen molar-refractivity contribution in [3.63, 3.8) is 0 Å². The second kappa shape index (κ2) is 7.98. The zero-order valence-corrected chi connectivity index (χ0v) is 12.4. The quantitative estimate of drug-likeness (QED) is 0.690.